The molecular weight excluding hydrogens is 302 g/mol. The minimum atomic E-state index is -0.822. The van der Waals surface area contributed by atoms with E-state index < -0.39 is 27.7 Å². The van der Waals surface area contributed by atoms with Crippen LogP contribution >= 0.6 is 12.2 Å². The number of nitro benzene ring substituents is 1. The molecule has 0 spiro atoms. The molecular formula is C10H7N5O5S. The van der Waals surface area contributed by atoms with Crippen LogP contribution in [0.25, 0.3) is 0 Å². The number of nitrogens with one attached hydrogen (secondary N) is 1. The zero-order valence-corrected chi connectivity index (χ0v) is 10.9. The van der Waals surface area contributed by atoms with Crippen molar-refractivity contribution in [2.24, 2.45) is 5.10 Å². The first-order valence-corrected chi connectivity index (χ1v) is 5.72. The Balaban J connectivity index is 2.51. The fourth-order valence-corrected chi connectivity index (χ4v) is 1.60. The molecule has 1 aromatic carbocycles. The maximum atomic E-state index is 11.5. The second-order valence-corrected chi connectivity index (χ2v) is 4.11. The average Bonchev–Trinajstić information content (AvgIpc) is 2.39. The molecule has 2 aromatic rings. The SMILES string of the molecule is O=c1cn[nH]c(=S)n1/N=C\c1cc([N+](=O)[O-])c(O)cc1O. The lowest BCUT2D eigenvalue weighted by atomic mass is 10.2. The highest BCUT2D eigenvalue weighted by Crippen LogP contribution is 2.31. The van der Waals surface area contributed by atoms with Crippen LogP contribution in [0, 0.1) is 14.9 Å². The lowest BCUT2D eigenvalue weighted by Gasteiger charge is -2.01. The number of hydrogen-bond donors (Lipinski definition) is 3. The number of aromatic amines is 1. The van der Waals surface area contributed by atoms with Crippen molar-refractivity contribution in [3.05, 3.63) is 49.1 Å². The molecule has 0 unspecified atom stereocenters. The van der Waals surface area contributed by atoms with Crippen LogP contribution < -0.4 is 5.56 Å². The van der Waals surface area contributed by atoms with Crippen molar-refractivity contribution in [3.8, 4) is 11.5 Å². The summed E-state index contributed by atoms with van der Waals surface area (Å²) >= 11 is 4.80. The Morgan fingerprint density at radius 2 is 2.14 bits per heavy atom. The molecule has 21 heavy (non-hydrogen) atoms. The van der Waals surface area contributed by atoms with Crippen LogP contribution in [0.4, 0.5) is 5.69 Å². The molecule has 108 valence electrons. The lowest BCUT2D eigenvalue weighted by Crippen LogP contribution is -2.18. The quantitative estimate of drug-likeness (QED) is 0.324. The first-order chi connectivity index (χ1) is 9.90. The van der Waals surface area contributed by atoms with Crippen molar-refractivity contribution >= 4 is 24.1 Å². The molecule has 0 saturated heterocycles. The van der Waals surface area contributed by atoms with Gasteiger partial charge in [0.25, 0.3) is 5.56 Å². The molecule has 1 heterocycles. The van der Waals surface area contributed by atoms with Crippen LogP contribution in [0.3, 0.4) is 0 Å². The fourth-order valence-electron chi connectivity index (χ4n) is 1.41. The fraction of sp³-hybridized carbons (Fsp3) is 0. The second kappa shape index (κ2) is 5.50. The number of aromatic hydroxyl groups is 2. The van der Waals surface area contributed by atoms with E-state index in [1.54, 1.807) is 0 Å². The van der Waals surface area contributed by atoms with Crippen LogP contribution in [0.2, 0.25) is 0 Å². The summed E-state index contributed by atoms with van der Waals surface area (Å²) in [6, 6.07) is 1.71. The number of aromatic nitrogens is 3. The van der Waals surface area contributed by atoms with Crippen LogP contribution in [0.15, 0.2) is 28.2 Å². The van der Waals surface area contributed by atoms with Gasteiger partial charge < -0.3 is 10.2 Å². The summed E-state index contributed by atoms with van der Waals surface area (Å²) in [7, 11) is 0. The van der Waals surface area contributed by atoms with Crippen LogP contribution in [-0.4, -0.2) is 36.2 Å². The molecule has 0 aliphatic carbocycles. The van der Waals surface area contributed by atoms with E-state index in [-0.39, 0.29) is 10.3 Å². The van der Waals surface area contributed by atoms with Gasteiger partial charge in [-0.15, -0.1) is 0 Å². The van der Waals surface area contributed by atoms with E-state index in [4.69, 9.17) is 12.2 Å². The minimum Gasteiger partial charge on any atom is -0.507 e. The van der Waals surface area contributed by atoms with Gasteiger partial charge in [0.2, 0.25) is 4.77 Å². The predicted molar refractivity (Wildman–Crippen MR) is 73.1 cm³/mol. The van der Waals surface area contributed by atoms with Crippen molar-refractivity contribution in [2.75, 3.05) is 0 Å². The molecule has 0 aliphatic rings. The maximum Gasteiger partial charge on any atom is 0.311 e. The zero-order chi connectivity index (χ0) is 15.6. The first kappa shape index (κ1) is 14.3. The van der Waals surface area contributed by atoms with Crippen molar-refractivity contribution < 1.29 is 15.1 Å². The normalized spacial score (nSPS) is 10.9. The number of nitro groups is 1. The Morgan fingerprint density at radius 1 is 1.43 bits per heavy atom. The predicted octanol–water partition coefficient (Wildman–Crippen LogP) is 0.502. The molecule has 1 aromatic heterocycles. The molecule has 0 aliphatic heterocycles. The molecule has 11 heteroatoms. The van der Waals surface area contributed by atoms with Gasteiger partial charge in [-0.2, -0.15) is 14.9 Å². The molecule has 0 bridgehead atoms. The molecule has 0 saturated carbocycles. The molecule has 3 N–H and O–H groups in total. The van der Waals surface area contributed by atoms with Gasteiger partial charge in [0.15, 0.2) is 5.75 Å². The van der Waals surface area contributed by atoms with E-state index in [0.29, 0.717) is 0 Å². The standard InChI is InChI=1S/C10H7N5O5S/c16-7-2-8(17)6(15(19)20)1-5(7)3-12-14-9(18)4-11-13-10(14)21/h1-4,16-17H,(H,13,21)/b12-3-. The van der Waals surface area contributed by atoms with Crippen molar-refractivity contribution in [1.29, 1.82) is 0 Å². The summed E-state index contributed by atoms with van der Waals surface area (Å²) in [4.78, 5) is 21.3. The van der Waals surface area contributed by atoms with Gasteiger partial charge in [-0.3, -0.25) is 20.0 Å². The summed E-state index contributed by atoms with van der Waals surface area (Å²) in [5.41, 5.74) is -1.30. The number of phenolic OH excluding ortho intramolecular Hbond substituents is 2. The topological polar surface area (TPSA) is 147 Å². The summed E-state index contributed by atoms with van der Waals surface area (Å²) in [6.07, 6.45) is 1.93. The zero-order valence-electron chi connectivity index (χ0n) is 10.1. The average molecular weight is 309 g/mol. The van der Waals surface area contributed by atoms with Gasteiger partial charge in [-0.05, 0) is 12.2 Å². The number of phenols is 2. The van der Waals surface area contributed by atoms with E-state index in [0.717, 1.165) is 29.2 Å². The first-order valence-electron chi connectivity index (χ1n) is 5.31. The largest absolute Gasteiger partial charge is 0.507 e. The Kier molecular flexibility index (Phi) is 3.75. The second-order valence-electron chi connectivity index (χ2n) is 3.73. The highest BCUT2D eigenvalue weighted by atomic mass is 32.1. The summed E-state index contributed by atoms with van der Waals surface area (Å²) < 4.78 is 0.687. The van der Waals surface area contributed by atoms with Gasteiger partial charge in [-0.1, -0.05) is 0 Å². The minimum absolute atomic E-state index is 0.0717. The van der Waals surface area contributed by atoms with Gasteiger partial charge in [0, 0.05) is 17.7 Å². The van der Waals surface area contributed by atoms with E-state index in [2.05, 4.69) is 15.3 Å². The van der Waals surface area contributed by atoms with E-state index in [1.807, 2.05) is 0 Å². The lowest BCUT2D eigenvalue weighted by molar-refractivity contribution is -0.385. The van der Waals surface area contributed by atoms with Gasteiger partial charge in [0.05, 0.1) is 11.1 Å². The third kappa shape index (κ3) is 2.92. The van der Waals surface area contributed by atoms with Crippen molar-refractivity contribution in [1.82, 2.24) is 14.9 Å². The molecule has 2 rings (SSSR count). The van der Waals surface area contributed by atoms with Crippen molar-refractivity contribution in [2.45, 2.75) is 0 Å². The highest BCUT2D eigenvalue weighted by molar-refractivity contribution is 7.71. The van der Waals surface area contributed by atoms with Crippen LogP contribution in [0.5, 0.6) is 11.5 Å². The third-order valence-corrected chi connectivity index (χ3v) is 2.63. The van der Waals surface area contributed by atoms with E-state index in [9.17, 15) is 25.1 Å². The number of rotatable bonds is 3. The monoisotopic (exact) mass is 309 g/mol. The molecule has 0 amide bonds. The van der Waals surface area contributed by atoms with Gasteiger partial charge in [0.1, 0.15) is 11.9 Å². The maximum absolute atomic E-state index is 11.5. The molecule has 0 atom stereocenters. The Morgan fingerprint density at radius 3 is 2.76 bits per heavy atom. The number of nitrogens with zero attached hydrogens (tertiary/aromatic N) is 4. The van der Waals surface area contributed by atoms with Crippen LogP contribution in [0.1, 0.15) is 5.56 Å². The Hall–Kier alpha value is -3.08. The molecule has 0 radical (unpaired) electrons. The van der Waals surface area contributed by atoms with E-state index >= 15 is 0 Å². The number of benzene rings is 1. The Labute approximate surface area is 120 Å². The molecule has 0 fully saturated rings. The highest BCUT2D eigenvalue weighted by Gasteiger charge is 2.16. The third-order valence-electron chi connectivity index (χ3n) is 2.37. The number of H-pyrrole nitrogens is 1. The van der Waals surface area contributed by atoms with E-state index in [1.165, 1.54) is 0 Å². The van der Waals surface area contributed by atoms with Gasteiger partial charge in [-0.25, -0.2) is 0 Å². The van der Waals surface area contributed by atoms with Gasteiger partial charge >= 0.3 is 5.69 Å². The molecule has 10 nitrogen and oxygen atoms in total. The number of hydrogen-bond acceptors (Lipinski definition) is 8. The summed E-state index contributed by atoms with van der Waals surface area (Å²) in [5.74, 6) is -1.13. The smallest absolute Gasteiger partial charge is 0.311 e. The summed E-state index contributed by atoms with van der Waals surface area (Å²) in [5, 5.41) is 39.1. The summed E-state index contributed by atoms with van der Waals surface area (Å²) in [6.45, 7) is 0. The van der Waals surface area contributed by atoms with Crippen LogP contribution in [-0.2, 0) is 0 Å². The van der Waals surface area contributed by atoms with Crippen molar-refractivity contribution in [3.63, 3.8) is 0 Å². The Bertz CT molecular complexity index is 827.